The number of halogens is 5. The summed E-state index contributed by atoms with van der Waals surface area (Å²) in [5, 5.41) is 0. The van der Waals surface area contributed by atoms with Gasteiger partial charge in [0.25, 0.3) is 0 Å². The Morgan fingerprint density at radius 2 is 2.00 bits per heavy atom. The first-order valence-electron chi connectivity index (χ1n) is 4.79. The van der Waals surface area contributed by atoms with E-state index in [0.29, 0.717) is 11.8 Å². The molecule has 0 amide bonds. The molecule has 0 saturated carbocycles. The minimum absolute atomic E-state index is 0.00936. The van der Waals surface area contributed by atoms with Crippen LogP contribution < -0.4 is 0 Å². The molecular weight excluding hydrogens is 274 g/mol. The molecule has 0 saturated heterocycles. The highest BCUT2D eigenvalue weighted by Gasteiger charge is 2.34. The van der Waals surface area contributed by atoms with Gasteiger partial charge in [0.15, 0.2) is 12.2 Å². The van der Waals surface area contributed by atoms with Gasteiger partial charge < -0.3 is 4.42 Å². The number of hydrogen-bond acceptors (Lipinski definition) is 2. The maximum atomic E-state index is 13.1. The second-order valence-corrected chi connectivity index (χ2v) is 3.72. The fourth-order valence-corrected chi connectivity index (χ4v) is 1.67. The molecule has 7 heteroatoms. The Hall–Kier alpha value is -1.56. The number of rotatable bonds is 2. The van der Waals surface area contributed by atoms with Gasteiger partial charge in [-0.15, -0.1) is 11.6 Å². The Balaban J connectivity index is 2.54. The summed E-state index contributed by atoms with van der Waals surface area (Å²) in [6, 6.07) is 2.59. The van der Waals surface area contributed by atoms with E-state index < -0.39 is 17.6 Å². The highest BCUT2D eigenvalue weighted by atomic mass is 35.5. The Bertz CT molecular complexity index is 564. The van der Waals surface area contributed by atoms with E-state index in [-0.39, 0.29) is 17.2 Å². The summed E-state index contributed by atoms with van der Waals surface area (Å²) in [4.78, 5) is 3.75. The maximum Gasteiger partial charge on any atom is 0.419 e. The average Bonchev–Trinajstić information content (AvgIpc) is 2.76. The van der Waals surface area contributed by atoms with Crippen LogP contribution in [0.1, 0.15) is 11.3 Å². The Morgan fingerprint density at radius 3 is 2.61 bits per heavy atom. The van der Waals surface area contributed by atoms with Crippen molar-refractivity contribution < 1.29 is 22.0 Å². The monoisotopic (exact) mass is 279 g/mol. The second kappa shape index (κ2) is 4.61. The smallest absolute Gasteiger partial charge is 0.419 e. The van der Waals surface area contributed by atoms with Gasteiger partial charge in [-0.3, -0.25) is 0 Å². The minimum atomic E-state index is -4.76. The number of alkyl halides is 4. The van der Waals surface area contributed by atoms with Gasteiger partial charge in [0.2, 0.25) is 0 Å². The molecule has 2 nitrogen and oxygen atoms in total. The van der Waals surface area contributed by atoms with Crippen LogP contribution in [0.3, 0.4) is 0 Å². The topological polar surface area (TPSA) is 26.0 Å². The first kappa shape index (κ1) is 12.9. The van der Waals surface area contributed by atoms with Gasteiger partial charge in [0.1, 0.15) is 11.5 Å². The third-order valence-electron chi connectivity index (χ3n) is 2.30. The molecule has 2 aromatic rings. The van der Waals surface area contributed by atoms with Gasteiger partial charge in [-0.2, -0.15) is 13.2 Å². The van der Waals surface area contributed by atoms with Crippen molar-refractivity contribution in [2.24, 2.45) is 0 Å². The van der Waals surface area contributed by atoms with Crippen LogP contribution >= 0.6 is 11.6 Å². The van der Waals surface area contributed by atoms with Crippen molar-refractivity contribution in [3.05, 3.63) is 41.7 Å². The number of oxazole rings is 1. The summed E-state index contributed by atoms with van der Waals surface area (Å²) in [7, 11) is 0. The van der Waals surface area contributed by atoms with Crippen LogP contribution in [-0.2, 0) is 12.1 Å². The molecule has 1 aromatic heterocycles. The SMILES string of the molecule is Fc1ccc(-c2ocnc2CCl)cc1C(F)(F)F. The average molecular weight is 280 g/mol. The lowest BCUT2D eigenvalue weighted by Gasteiger charge is -2.09. The Kier molecular flexibility index (Phi) is 3.30. The molecular formula is C11H6ClF4NO. The standard InChI is InChI=1S/C11H6ClF4NO/c12-4-9-10(18-5-17-9)6-1-2-8(13)7(3-6)11(14,15)16/h1-3,5H,4H2. The summed E-state index contributed by atoms with van der Waals surface area (Å²) in [5.74, 6) is -1.24. The molecule has 0 unspecified atom stereocenters. The predicted molar refractivity (Wildman–Crippen MR) is 56.5 cm³/mol. The van der Waals surface area contributed by atoms with Gasteiger partial charge in [-0.1, -0.05) is 0 Å². The molecule has 0 fully saturated rings. The summed E-state index contributed by atoms with van der Waals surface area (Å²) in [6.45, 7) is 0. The van der Waals surface area contributed by atoms with E-state index in [2.05, 4.69) is 4.98 Å². The minimum Gasteiger partial charge on any atom is -0.443 e. The lowest BCUT2D eigenvalue weighted by atomic mass is 10.1. The van der Waals surface area contributed by atoms with Crippen molar-refractivity contribution in [1.29, 1.82) is 0 Å². The summed E-state index contributed by atoms with van der Waals surface area (Å²) < 4.78 is 55.7. The number of benzene rings is 1. The molecule has 1 aromatic carbocycles. The molecule has 0 aliphatic rings. The molecule has 0 N–H and O–H groups in total. The normalized spacial score (nSPS) is 11.8. The van der Waals surface area contributed by atoms with E-state index in [9.17, 15) is 17.6 Å². The number of hydrogen-bond donors (Lipinski definition) is 0. The lowest BCUT2D eigenvalue weighted by Crippen LogP contribution is -2.08. The predicted octanol–water partition coefficient (Wildman–Crippen LogP) is 4.24. The van der Waals surface area contributed by atoms with Crippen molar-refractivity contribution in [3.8, 4) is 11.3 Å². The van der Waals surface area contributed by atoms with Gasteiger partial charge in [0.05, 0.1) is 11.4 Å². The molecule has 18 heavy (non-hydrogen) atoms. The van der Waals surface area contributed by atoms with E-state index in [1.165, 1.54) is 6.07 Å². The van der Waals surface area contributed by atoms with E-state index in [1.54, 1.807) is 0 Å². The molecule has 0 spiro atoms. The van der Waals surface area contributed by atoms with Gasteiger partial charge in [-0.05, 0) is 18.2 Å². The van der Waals surface area contributed by atoms with Crippen molar-refractivity contribution in [2.75, 3.05) is 0 Å². The van der Waals surface area contributed by atoms with Crippen LogP contribution in [0.15, 0.2) is 29.0 Å². The van der Waals surface area contributed by atoms with Crippen LogP contribution in [0, 0.1) is 5.82 Å². The van der Waals surface area contributed by atoms with E-state index in [1.807, 2.05) is 0 Å². The van der Waals surface area contributed by atoms with Crippen molar-refractivity contribution in [1.82, 2.24) is 4.98 Å². The lowest BCUT2D eigenvalue weighted by molar-refractivity contribution is -0.139. The molecule has 2 rings (SSSR count). The molecule has 0 aliphatic heterocycles. The summed E-state index contributed by atoms with van der Waals surface area (Å²) >= 11 is 5.57. The summed E-state index contributed by atoms with van der Waals surface area (Å²) in [6.07, 6.45) is -3.69. The number of nitrogens with zero attached hydrogens (tertiary/aromatic N) is 1. The van der Waals surface area contributed by atoms with E-state index in [4.69, 9.17) is 16.0 Å². The largest absolute Gasteiger partial charge is 0.443 e. The highest BCUT2D eigenvalue weighted by molar-refractivity contribution is 6.17. The van der Waals surface area contributed by atoms with E-state index in [0.717, 1.165) is 12.5 Å². The molecule has 0 aliphatic carbocycles. The third kappa shape index (κ3) is 2.33. The van der Waals surface area contributed by atoms with Gasteiger partial charge in [-0.25, -0.2) is 9.37 Å². The van der Waals surface area contributed by atoms with Gasteiger partial charge in [0, 0.05) is 5.56 Å². The van der Waals surface area contributed by atoms with Crippen LogP contribution in [0.25, 0.3) is 11.3 Å². The van der Waals surface area contributed by atoms with Crippen LogP contribution in [0.4, 0.5) is 17.6 Å². The molecule has 0 radical (unpaired) electrons. The Labute approximate surface area is 104 Å². The molecule has 0 atom stereocenters. The van der Waals surface area contributed by atoms with E-state index >= 15 is 0 Å². The van der Waals surface area contributed by atoms with Gasteiger partial charge >= 0.3 is 6.18 Å². The quantitative estimate of drug-likeness (QED) is 0.607. The fourth-order valence-electron chi connectivity index (χ4n) is 1.48. The maximum absolute atomic E-state index is 13.1. The Morgan fingerprint density at radius 1 is 1.28 bits per heavy atom. The first-order chi connectivity index (χ1) is 8.43. The molecule has 96 valence electrons. The van der Waals surface area contributed by atoms with Crippen LogP contribution in [0.2, 0.25) is 0 Å². The van der Waals surface area contributed by atoms with Crippen LogP contribution in [0.5, 0.6) is 0 Å². The number of aromatic nitrogens is 1. The summed E-state index contributed by atoms with van der Waals surface area (Å²) in [5.41, 5.74) is -0.967. The van der Waals surface area contributed by atoms with Crippen LogP contribution in [-0.4, -0.2) is 4.98 Å². The molecule has 0 bridgehead atoms. The van der Waals surface area contributed by atoms with Crippen molar-refractivity contribution >= 4 is 11.6 Å². The third-order valence-corrected chi connectivity index (χ3v) is 2.55. The zero-order valence-corrected chi connectivity index (χ0v) is 9.52. The zero-order chi connectivity index (χ0) is 13.3. The van der Waals surface area contributed by atoms with Crippen molar-refractivity contribution in [3.63, 3.8) is 0 Å². The zero-order valence-electron chi connectivity index (χ0n) is 8.76. The highest BCUT2D eigenvalue weighted by Crippen LogP contribution is 2.35. The van der Waals surface area contributed by atoms with Crippen molar-refractivity contribution in [2.45, 2.75) is 12.1 Å². The molecule has 1 heterocycles. The fraction of sp³-hybridized carbons (Fsp3) is 0.182. The first-order valence-corrected chi connectivity index (χ1v) is 5.32. The second-order valence-electron chi connectivity index (χ2n) is 3.45.